The Morgan fingerprint density at radius 1 is 1.21 bits per heavy atom. The fraction of sp³-hybridized carbons (Fsp3) is 0.320. The molecule has 0 atom stereocenters. The van der Waals surface area contributed by atoms with Crippen LogP contribution in [0.3, 0.4) is 0 Å². The SMILES string of the molecule is CN1CCOc2ccc(CN3CC=CC(OC(=O)O)=C3SCCCc3ccc(F)cc3)cc21. The molecule has 4 rings (SSSR count). The molecule has 0 radical (unpaired) electrons. The molecule has 0 saturated heterocycles. The highest BCUT2D eigenvalue weighted by Gasteiger charge is 2.22. The Labute approximate surface area is 197 Å². The van der Waals surface area contributed by atoms with Crippen molar-refractivity contribution in [2.75, 3.05) is 37.4 Å². The van der Waals surface area contributed by atoms with Crippen molar-refractivity contribution in [2.45, 2.75) is 19.4 Å². The molecular formula is C25H27FN2O4S. The lowest BCUT2D eigenvalue weighted by Gasteiger charge is -2.31. The van der Waals surface area contributed by atoms with Gasteiger partial charge in [-0.3, -0.25) is 0 Å². The topological polar surface area (TPSA) is 62.2 Å². The molecule has 174 valence electrons. The van der Waals surface area contributed by atoms with Gasteiger partial charge in [0.2, 0.25) is 0 Å². The van der Waals surface area contributed by atoms with Gasteiger partial charge in [0.15, 0.2) is 5.76 Å². The van der Waals surface area contributed by atoms with Gasteiger partial charge in [0.05, 0.1) is 12.2 Å². The minimum Gasteiger partial charge on any atom is -0.490 e. The normalized spacial score (nSPS) is 15.3. The first-order valence-corrected chi connectivity index (χ1v) is 11.9. The molecule has 6 nitrogen and oxygen atoms in total. The lowest BCUT2D eigenvalue weighted by molar-refractivity contribution is 0.119. The zero-order chi connectivity index (χ0) is 23.2. The number of carbonyl (C=O) groups is 1. The van der Waals surface area contributed by atoms with Gasteiger partial charge in [-0.05, 0) is 60.1 Å². The van der Waals surface area contributed by atoms with Crippen molar-refractivity contribution < 1.29 is 23.8 Å². The molecule has 0 aliphatic carbocycles. The van der Waals surface area contributed by atoms with E-state index in [0.717, 1.165) is 52.7 Å². The van der Waals surface area contributed by atoms with Crippen LogP contribution in [0.15, 0.2) is 65.4 Å². The Bertz CT molecular complexity index is 1050. The number of aryl methyl sites for hydroxylation is 1. The van der Waals surface area contributed by atoms with E-state index < -0.39 is 6.16 Å². The number of hydrogen-bond acceptors (Lipinski definition) is 6. The van der Waals surface area contributed by atoms with Crippen molar-refractivity contribution in [2.24, 2.45) is 0 Å². The molecule has 0 unspecified atom stereocenters. The minimum atomic E-state index is -1.33. The number of allylic oxidation sites excluding steroid dienone is 1. The highest BCUT2D eigenvalue weighted by molar-refractivity contribution is 8.03. The molecule has 1 N–H and O–H groups in total. The van der Waals surface area contributed by atoms with Gasteiger partial charge in [-0.1, -0.05) is 24.3 Å². The van der Waals surface area contributed by atoms with E-state index in [1.807, 2.05) is 18.2 Å². The summed E-state index contributed by atoms with van der Waals surface area (Å²) in [7, 11) is 2.05. The Kier molecular flexibility index (Phi) is 7.44. The van der Waals surface area contributed by atoms with Crippen LogP contribution in [0.4, 0.5) is 14.9 Å². The predicted molar refractivity (Wildman–Crippen MR) is 128 cm³/mol. The highest BCUT2D eigenvalue weighted by atomic mass is 32.2. The van der Waals surface area contributed by atoms with Gasteiger partial charge in [0, 0.05) is 20.1 Å². The molecule has 0 bridgehead atoms. The van der Waals surface area contributed by atoms with E-state index >= 15 is 0 Å². The van der Waals surface area contributed by atoms with Gasteiger partial charge in [-0.15, -0.1) is 11.8 Å². The smallest absolute Gasteiger partial charge is 0.490 e. The van der Waals surface area contributed by atoms with Gasteiger partial charge in [0.25, 0.3) is 0 Å². The number of halogens is 1. The minimum absolute atomic E-state index is 0.238. The summed E-state index contributed by atoms with van der Waals surface area (Å²) in [5.74, 6) is 1.77. The molecule has 0 saturated carbocycles. The summed E-state index contributed by atoms with van der Waals surface area (Å²) in [6, 6.07) is 12.7. The third-order valence-corrected chi connectivity index (χ3v) is 6.77. The first kappa shape index (κ1) is 23.0. The molecule has 8 heteroatoms. The van der Waals surface area contributed by atoms with Gasteiger partial charge in [-0.25, -0.2) is 9.18 Å². The summed E-state index contributed by atoms with van der Waals surface area (Å²) < 4.78 is 23.9. The summed E-state index contributed by atoms with van der Waals surface area (Å²) in [5, 5.41) is 10.0. The van der Waals surface area contributed by atoms with E-state index in [0.29, 0.717) is 25.5 Å². The van der Waals surface area contributed by atoms with E-state index in [4.69, 9.17) is 9.47 Å². The quantitative estimate of drug-likeness (QED) is 0.417. The number of nitrogens with zero attached hydrogens (tertiary/aromatic N) is 2. The Morgan fingerprint density at radius 3 is 2.79 bits per heavy atom. The van der Waals surface area contributed by atoms with E-state index in [-0.39, 0.29) is 5.82 Å². The molecule has 2 aromatic rings. The second-order valence-corrected chi connectivity index (χ2v) is 9.05. The lowest BCUT2D eigenvalue weighted by Crippen LogP contribution is -2.29. The average molecular weight is 471 g/mol. The van der Waals surface area contributed by atoms with Gasteiger partial charge >= 0.3 is 6.16 Å². The second-order valence-electron chi connectivity index (χ2n) is 7.97. The van der Waals surface area contributed by atoms with Crippen LogP contribution in [0.1, 0.15) is 17.5 Å². The number of carboxylic acid groups (broad SMARTS) is 1. The van der Waals surface area contributed by atoms with Crippen LogP contribution in [0.2, 0.25) is 0 Å². The van der Waals surface area contributed by atoms with Crippen LogP contribution < -0.4 is 9.64 Å². The Morgan fingerprint density at radius 2 is 2.00 bits per heavy atom. The summed E-state index contributed by atoms with van der Waals surface area (Å²) >= 11 is 1.58. The van der Waals surface area contributed by atoms with Crippen molar-refractivity contribution in [1.82, 2.24) is 4.90 Å². The number of likely N-dealkylation sites (N-methyl/N-ethyl adjacent to an activating group) is 1. The Hall–Kier alpha value is -3.13. The van der Waals surface area contributed by atoms with E-state index in [1.165, 1.54) is 12.1 Å². The molecule has 0 amide bonds. The number of anilines is 1. The zero-order valence-corrected chi connectivity index (χ0v) is 19.3. The maximum Gasteiger partial charge on any atom is 0.511 e. The van der Waals surface area contributed by atoms with Crippen molar-refractivity contribution in [3.8, 4) is 5.75 Å². The van der Waals surface area contributed by atoms with Crippen LogP contribution in [0.25, 0.3) is 0 Å². The van der Waals surface area contributed by atoms with Crippen molar-refractivity contribution in [3.05, 3.63) is 82.3 Å². The maximum absolute atomic E-state index is 13.1. The number of fused-ring (bicyclic) bond motifs is 1. The highest BCUT2D eigenvalue weighted by Crippen LogP contribution is 2.34. The second kappa shape index (κ2) is 10.7. The van der Waals surface area contributed by atoms with E-state index in [1.54, 1.807) is 30.0 Å². The number of ether oxygens (including phenoxy) is 2. The van der Waals surface area contributed by atoms with Gasteiger partial charge < -0.3 is 24.4 Å². The predicted octanol–water partition coefficient (Wildman–Crippen LogP) is 5.26. The van der Waals surface area contributed by atoms with Gasteiger partial charge in [-0.2, -0.15) is 0 Å². The van der Waals surface area contributed by atoms with Crippen molar-refractivity contribution in [1.29, 1.82) is 0 Å². The molecule has 0 aromatic heterocycles. The fourth-order valence-corrected chi connectivity index (χ4v) is 4.93. The largest absolute Gasteiger partial charge is 0.511 e. The zero-order valence-electron chi connectivity index (χ0n) is 18.5. The molecule has 2 aliphatic rings. The maximum atomic E-state index is 13.1. The Balaban J connectivity index is 1.45. The van der Waals surface area contributed by atoms with Crippen LogP contribution in [-0.2, 0) is 17.7 Å². The molecule has 2 aliphatic heterocycles. The third-order valence-electron chi connectivity index (χ3n) is 5.54. The van der Waals surface area contributed by atoms with Crippen LogP contribution in [0.5, 0.6) is 5.75 Å². The van der Waals surface area contributed by atoms with Crippen molar-refractivity contribution in [3.63, 3.8) is 0 Å². The van der Waals surface area contributed by atoms with Crippen LogP contribution >= 0.6 is 11.8 Å². The molecule has 33 heavy (non-hydrogen) atoms. The molecule has 0 spiro atoms. The lowest BCUT2D eigenvalue weighted by atomic mass is 10.1. The van der Waals surface area contributed by atoms with E-state index in [9.17, 15) is 14.3 Å². The number of thioether (sulfide) groups is 1. The van der Waals surface area contributed by atoms with Crippen molar-refractivity contribution >= 4 is 23.6 Å². The number of rotatable bonds is 8. The molecule has 2 heterocycles. The summed E-state index contributed by atoms with van der Waals surface area (Å²) in [6.45, 7) is 2.81. The number of hydrogen-bond donors (Lipinski definition) is 1. The summed E-state index contributed by atoms with van der Waals surface area (Å²) in [5.41, 5.74) is 3.25. The van der Waals surface area contributed by atoms with E-state index in [2.05, 4.69) is 22.9 Å². The molecule has 2 aromatic carbocycles. The van der Waals surface area contributed by atoms with Gasteiger partial charge in [0.1, 0.15) is 23.2 Å². The molecule has 0 fully saturated rings. The first-order valence-electron chi connectivity index (χ1n) is 10.9. The first-order chi connectivity index (χ1) is 16.0. The fourth-order valence-electron chi connectivity index (χ4n) is 3.88. The summed E-state index contributed by atoms with van der Waals surface area (Å²) in [6.07, 6.45) is 4.01. The summed E-state index contributed by atoms with van der Waals surface area (Å²) in [4.78, 5) is 15.6. The monoisotopic (exact) mass is 470 g/mol. The average Bonchev–Trinajstić information content (AvgIpc) is 2.79. The van der Waals surface area contributed by atoms with Crippen LogP contribution in [-0.4, -0.2) is 48.7 Å². The third kappa shape index (κ3) is 6.01. The van der Waals surface area contributed by atoms with Crippen LogP contribution in [0, 0.1) is 5.82 Å². The standard InChI is InChI=1S/C25H27FN2O4S/c1-27-13-14-31-22-11-8-19(16-21(22)27)17-28-12-2-5-23(32-25(29)30)24(28)33-15-3-4-18-6-9-20(26)10-7-18/h2,5-11,16H,3-4,12-15,17H2,1H3,(H,29,30). The number of benzene rings is 2. The molecular weight excluding hydrogens is 443 g/mol.